The van der Waals surface area contributed by atoms with E-state index in [1.165, 1.54) is 11.0 Å². The van der Waals surface area contributed by atoms with Crippen LogP contribution < -0.4 is 30.1 Å². The van der Waals surface area contributed by atoms with E-state index in [1.807, 2.05) is 30.3 Å². The number of nitrogens with zero attached hydrogens (tertiary/aromatic N) is 2. The van der Waals surface area contributed by atoms with E-state index in [9.17, 15) is 32.4 Å². The molecule has 1 aromatic heterocycles. The zero-order valence-corrected chi connectivity index (χ0v) is 33.5. The van der Waals surface area contributed by atoms with Gasteiger partial charge in [-0.25, -0.2) is 18.2 Å². The number of hydrogen-bond donors (Lipinski definition) is 4. The number of likely N-dealkylation sites (tertiary alicyclic amines) is 1. The smallest absolute Gasteiger partial charge is 0.408 e. The standard InChI is InChI=1S/C42H48N6O10S/c1-4-26-22-42(26,40(52)47-59(54,55)30-16-17-30)46-38(50)35-20-29(24-48(35)39(51)34(23-43-37(49)5-2)45-41(53)58-27-13-9-10-14-27)57-36-21-32(25-11-7-6-8-12-25)44-33-19-28(56-3)15-18-31(33)36/h4-8,11-12,15,18-19,21,26-27,29-30,34-35H,1-2,9-10,13-14,16-17,20,22-24H2,3H3,(H,43,49)(H,45,53)(H,46,50)(H,47,52)/t26-,29-,34-,35+,42-/m1/s1. The molecule has 3 aliphatic carbocycles. The fourth-order valence-electron chi connectivity index (χ4n) is 7.74. The average molecular weight is 829 g/mol. The summed E-state index contributed by atoms with van der Waals surface area (Å²) in [4.78, 5) is 74.2. The molecule has 2 aromatic carbocycles. The van der Waals surface area contributed by atoms with Crippen LogP contribution in [-0.2, 0) is 33.9 Å². The first-order chi connectivity index (χ1) is 28.3. The van der Waals surface area contributed by atoms with Crippen LogP contribution in [0.25, 0.3) is 22.2 Å². The van der Waals surface area contributed by atoms with Gasteiger partial charge in [0.15, 0.2) is 0 Å². The molecule has 7 rings (SSSR count). The highest BCUT2D eigenvalue weighted by Crippen LogP contribution is 2.45. The first kappa shape index (κ1) is 41.2. The monoisotopic (exact) mass is 828 g/mol. The van der Waals surface area contributed by atoms with Crippen molar-refractivity contribution in [3.8, 4) is 22.8 Å². The van der Waals surface area contributed by atoms with Crippen molar-refractivity contribution >= 4 is 50.6 Å². The molecule has 3 saturated carbocycles. The number of hydrogen-bond acceptors (Lipinski definition) is 11. The predicted molar refractivity (Wildman–Crippen MR) is 216 cm³/mol. The molecule has 312 valence electrons. The van der Waals surface area contributed by atoms with Crippen molar-refractivity contribution in [2.45, 2.75) is 86.4 Å². The molecule has 59 heavy (non-hydrogen) atoms. The molecular weight excluding hydrogens is 781 g/mol. The molecule has 5 atom stereocenters. The SMILES string of the molecule is C=CC(=O)NC[C@@H](NC(=O)OC1CCCC1)C(=O)N1C[C@H](Oc2cc(-c3ccccc3)nc3cc(OC)ccc23)C[C@H]1C(=O)N[C@]1(C(=O)NS(=O)(=O)C2CC2)C[C@H]1C=C. The van der Waals surface area contributed by atoms with E-state index in [2.05, 4.69) is 33.8 Å². The van der Waals surface area contributed by atoms with Gasteiger partial charge in [0, 0.05) is 42.0 Å². The van der Waals surface area contributed by atoms with Crippen molar-refractivity contribution in [1.82, 2.24) is 30.6 Å². The second kappa shape index (κ2) is 17.1. The molecule has 16 nitrogen and oxygen atoms in total. The number of rotatable bonds is 16. The summed E-state index contributed by atoms with van der Waals surface area (Å²) in [5.74, 6) is -2.56. The predicted octanol–water partition coefficient (Wildman–Crippen LogP) is 3.27. The summed E-state index contributed by atoms with van der Waals surface area (Å²) in [7, 11) is -2.40. The topological polar surface area (TPSA) is 211 Å². The van der Waals surface area contributed by atoms with E-state index in [4.69, 9.17) is 19.2 Å². The fourth-order valence-corrected chi connectivity index (χ4v) is 9.10. The lowest BCUT2D eigenvalue weighted by Crippen LogP contribution is -2.59. The Morgan fingerprint density at radius 2 is 1.75 bits per heavy atom. The highest BCUT2D eigenvalue weighted by Gasteiger charge is 2.62. The summed E-state index contributed by atoms with van der Waals surface area (Å²) in [5, 5.41) is 7.86. The van der Waals surface area contributed by atoms with E-state index >= 15 is 0 Å². The first-order valence-electron chi connectivity index (χ1n) is 19.7. The molecule has 0 bridgehead atoms. The summed E-state index contributed by atoms with van der Waals surface area (Å²) < 4.78 is 45.4. The third-order valence-electron chi connectivity index (χ3n) is 11.3. The number of alkyl carbamates (subject to hydrolysis) is 1. The zero-order chi connectivity index (χ0) is 41.9. The average Bonchev–Trinajstić information content (AvgIpc) is 4.12. The maximum absolute atomic E-state index is 14.6. The minimum absolute atomic E-state index is 0.0622. The number of nitrogens with one attached hydrogen (secondary N) is 4. The Labute approximate surface area is 342 Å². The summed E-state index contributed by atoms with van der Waals surface area (Å²) in [6, 6.07) is 13.9. The number of sulfonamides is 1. The van der Waals surface area contributed by atoms with Crippen LogP contribution >= 0.6 is 0 Å². The molecule has 2 heterocycles. The molecule has 4 aliphatic rings. The van der Waals surface area contributed by atoms with Crippen LogP contribution in [0.1, 0.15) is 51.4 Å². The Morgan fingerprint density at radius 1 is 1.00 bits per heavy atom. The van der Waals surface area contributed by atoms with E-state index in [-0.39, 0.29) is 32.0 Å². The van der Waals surface area contributed by atoms with Gasteiger partial charge in [-0.15, -0.1) is 6.58 Å². The van der Waals surface area contributed by atoms with Gasteiger partial charge in [0.2, 0.25) is 27.7 Å². The molecule has 0 spiro atoms. The third kappa shape index (κ3) is 9.19. The van der Waals surface area contributed by atoms with Crippen molar-refractivity contribution in [3.63, 3.8) is 0 Å². The number of aromatic nitrogens is 1. The number of ether oxygens (including phenoxy) is 3. The van der Waals surface area contributed by atoms with Crippen LogP contribution in [-0.4, -0.2) is 103 Å². The molecule has 0 radical (unpaired) electrons. The van der Waals surface area contributed by atoms with Gasteiger partial charge >= 0.3 is 6.09 Å². The molecule has 1 aliphatic heterocycles. The summed E-state index contributed by atoms with van der Waals surface area (Å²) >= 11 is 0. The second-order valence-electron chi connectivity index (χ2n) is 15.4. The third-order valence-corrected chi connectivity index (χ3v) is 13.1. The second-order valence-corrected chi connectivity index (χ2v) is 17.3. The van der Waals surface area contributed by atoms with Gasteiger partial charge in [0.05, 0.1) is 30.1 Å². The fraction of sp³-hybridized carbons (Fsp3) is 0.429. The molecule has 4 fully saturated rings. The number of benzene rings is 2. The van der Waals surface area contributed by atoms with Gasteiger partial charge in [-0.2, -0.15) is 0 Å². The zero-order valence-electron chi connectivity index (χ0n) is 32.7. The van der Waals surface area contributed by atoms with Gasteiger partial charge < -0.3 is 35.1 Å². The van der Waals surface area contributed by atoms with Crippen LogP contribution in [0.5, 0.6) is 11.5 Å². The maximum Gasteiger partial charge on any atom is 0.408 e. The Morgan fingerprint density at radius 3 is 2.41 bits per heavy atom. The van der Waals surface area contributed by atoms with E-state index < -0.39 is 74.6 Å². The number of carbonyl (C=O) groups is 5. The molecule has 5 amide bonds. The molecule has 17 heteroatoms. The van der Waals surface area contributed by atoms with Crippen molar-refractivity contribution in [2.75, 3.05) is 20.2 Å². The molecule has 0 unspecified atom stereocenters. The highest BCUT2D eigenvalue weighted by molar-refractivity contribution is 7.91. The Hall–Kier alpha value is -5.97. The minimum Gasteiger partial charge on any atom is -0.497 e. The number of fused-ring (bicyclic) bond motifs is 1. The Balaban J connectivity index is 1.20. The molecule has 1 saturated heterocycles. The van der Waals surface area contributed by atoms with E-state index in [1.54, 1.807) is 31.4 Å². The largest absolute Gasteiger partial charge is 0.497 e. The van der Waals surface area contributed by atoms with Crippen LogP contribution in [0.3, 0.4) is 0 Å². The van der Waals surface area contributed by atoms with Gasteiger partial charge in [0.25, 0.3) is 5.91 Å². The first-order valence-corrected chi connectivity index (χ1v) is 21.3. The van der Waals surface area contributed by atoms with Crippen molar-refractivity contribution < 1.29 is 46.6 Å². The molecule has 4 N–H and O–H groups in total. The van der Waals surface area contributed by atoms with Crippen LogP contribution in [0, 0.1) is 5.92 Å². The lowest BCUT2D eigenvalue weighted by atomic mass is 10.1. The highest BCUT2D eigenvalue weighted by atomic mass is 32.2. The van der Waals surface area contributed by atoms with Gasteiger partial charge in [-0.1, -0.05) is 43.0 Å². The lowest BCUT2D eigenvalue weighted by molar-refractivity contribution is -0.141. The van der Waals surface area contributed by atoms with Crippen molar-refractivity contribution in [1.29, 1.82) is 0 Å². The van der Waals surface area contributed by atoms with E-state index in [0.29, 0.717) is 53.8 Å². The molecule has 3 aromatic rings. The summed E-state index contributed by atoms with van der Waals surface area (Å²) in [5.41, 5.74) is 0.362. The Kier molecular flexibility index (Phi) is 11.9. The van der Waals surface area contributed by atoms with Gasteiger partial charge in [-0.3, -0.25) is 23.9 Å². The lowest BCUT2D eigenvalue weighted by Gasteiger charge is -2.30. The summed E-state index contributed by atoms with van der Waals surface area (Å²) in [6.45, 7) is 6.72. The van der Waals surface area contributed by atoms with Crippen LogP contribution in [0.2, 0.25) is 0 Å². The van der Waals surface area contributed by atoms with Gasteiger partial charge in [0.1, 0.15) is 41.3 Å². The van der Waals surface area contributed by atoms with Crippen LogP contribution in [0.4, 0.5) is 4.79 Å². The number of carbonyl (C=O) groups excluding carboxylic acids is 5. The van der Waals surface area contributed by atoms with E-state index in [0.717, 1.165) is 24.5 Å². The van der Waals surface area contributed by atoms with Crippen molar-refractivity contribution in [3.05, 3.63) is 79.9 Å². The number of amides is 5. The van der Waals surface area contributed by atoms with Crippen LogP contribution in [0.15, 0.2) is 79.9 Å². The molecular formula is C42H48N6O10S. The Bertz CT molecular complexity index is 2260. The quantitative estimate of drug-likeness (QED) is 0.122. The number of pyridine rings is 1. The minimum atomic E-state index is -3.95. The maximum atomic E-state index is 14.6. The van der Waals surface area contributed by atoms with Gasteiger partial charge in [-0.05, 0) is 63.2 Å². The van der Waals surface area contributed by atoms with Crippen molar-refractivity contribution in [2.24, 2.45) is 5.92 Å². The normalized spacial score (nSPS) is 23.1. The summed E-state index contributed by atoms with van der Waals surface area (Å²) in [6.07, 6.45) is 4.53. The number of methoxy groups -OCH3 is 1.